The highest BCUT2D eigenvalue weighted by molar-refractivity contribution is 5.76. The molecule has 1 amide bonds. The average molecular weight is 365 g/mol. The molecule has 0 bridgehead atoms. The summed E-state index contributed by atoms with van der Waals surface area (Å²) >= 11 is 0. The number of nitrogens with zero attached hydrogens (tertiary/aromatic N) is 3. The van der Waals surface area contributed by atoms with Crippen molar-refractivity contribution in [1.29, 1.82) is 5.26 Å². The van der Waals surface area contributed by atoms with Crippen LogP contribution >= 0.6 is 0 Å². The lowest BCUT2D eigenvalue weighted by atomic mass is 10.1. The number of hydrogen-bond acceptors (Lipinski definition) is 5. The Morgan fingerprint density at radius 2 is 1.74 bits per heavy atom. The molecule has 27 heavy (non-hydrogen) atoms. The second-order valence-electron chi connectivity index (χ2n) is 6.78. The molecular weight excluding hydrogens is 342 g/mol. The molecule has 1 aliphatic heterocycles. The summed E-state index contributed by atoms with van der Waals surface area (Å²) < 4.78 is 0. The molecule has 0 aliphatic carbocycles. The van der Waals surface area contributed by atoms with Gasteiger partial charge in [-0.05, 0) is 35.7 Å². The van der Waals surface area contributed by atoms with Gasteiger partial charge in [-0.1, -0.05) is 18.2 Å². The Morgan fingerprint density at radius 3 is 2.37 bits per heavy atom. The number of aryl methyl sites for hydroxylation is 1. The third kappa shape index (κ3) is 4.99. The third-order valence-corrected chi connectivity index (χ3v) is 4.89. The largest absolute Gasteiger partial charge is 0.508 e. The van der Waals surface area contributed by atoms with Gasteiger partial charge in [0.1, 0.15) is 11.5 Å². The number of hydrogen-bond donors (Lipinski definition) is 2. The standard InChI is InChI=1S/C21H23N3O3/c22-14-16-1-3-17(4-2-16)15-23-9-11-24(12-10-23)21(27)8-6-18-5-7-19(25)13-20(18)26/h1-5,7,13,25-26H,6,8-12,15H2. The maximum absolute atomic E-state index is 12.4. The van der Waals surface area contributed by atoms with Crippen molar-refractivity contribution in [2.24, 2.45) is 0 Å². The zero-order valence-corrected chi connectivity index (χ0v) is 15.1. The highest BCUT2D eigenvalue weighted by Crippen LogP contribution is 2.24. The van der Waals surface area contributed by atoms with Crippen molar-refractivity contribution in [3.8, 4) is 17.6 Å². The molecule has 6 heteroatoms. The summed E-state index contributed by atoms with van der Waals surface area (Å²) in [5, 5.41) is 28.0. The van der Waals surface area contributed by atoms with E-state index in [1.54, 1.807) is 6.07 Å². The molecule has 2 aromatic carbocycles. The van der Waals surface area contributed by atoms with Crippen LogP contribution in [0.4, 0.5) is 0 Å². The molecule has 0 spiro atoms. The Bertz CT molecular complexity index is 835. The van der Waals surface area contributed by atoms with Gasteiger partial charge in [-0.3, -0.25) is 9.69 Å². The quantitative estimate of drug-likeness (QED) is 0.848. The molecule has 1 saturated heterocycles. The normalized spacial score (nSPS) is 14.7. The fourth-order valence-electron chi connectivity index (χ4n) is 3.26. The summed E-state index contributed by atoms with van der Waals surface area (Å²) in [6, 6.07) is 14.2. The summed E-state index contributed by atoms with van der Waals surface area (Å²) in [6.45, 7) is 3.83. The first kappa shape index (κ1) is 18.7. The van der Waals surface area contributed by atoms with Crippen LogP contribution in [0, 0.1) is 11.3 Å². The number of carbonyl (C=O) groups is 1. The van der Waals surface area contributed by atoms with Gasteiger partial charge in [0.25, 0.3) is 0 Å². The fourth-order valence-corrected chi connectivity index (χ4v) is 3.26. The second kappa shape index (κ2) is 8.56. The van der Waals surface area contributed by atoms with Gasteiger partial charge in [0, 0.05) is 45.2 Å². The molecule has 1 aliphatic rings. The molecule has 2 N–H and O–H groups in total. The number of aromatic hydroxyl groups is 2. The van der Waals surface area contributed by atoms with Gasteiger partial charge < -0.3 is 15.1 Å². The van der Waals surface area contributed by atoms with Crippen LogP contribution in [0.25, 0.3) is 0 Å². The zero-order valence-electron chi connectivity index (χ0n) is 15.1. The molecule has 0 unspecified atom stereocenters. The van der Waals surface area contributed by atoms with E-state index in [-0.39, 0.29) is 17.4 Å². The molecule has 1 fully saturated rings. The SMILES string of the molecule is N#Cc1ccc(CN2CCN(C(=O)CCc3ccc(O)cc3O)CC2)cc1. The molecule has 0 radical (unpaired) electrons. The van der Waals surface area contributed by atoms with E-state index < -0.39 is 0 Å². The van der Waals surface area contributed by atoms with Crippen LogP contribution in [0.1, 0.15) is 23.1 Å². The van der Waals surface area contributed by atoms with Crippen molar-refractivity contribution in [2.75, 3.05) is 26.2 Å². The number of nitriles is 1. The first-order valence-electron chi connectivity index (χ1n) is 9.05. The lowest BCUT2D eigenvalue weighted by Gasteiger charge is -2.34. The summed E-state index contributed by atoms with van der Waals surface area (Å²) in [7, 11) is 0. The van der Waals surface area contributed by atoms with Crippen molar-refractivity contribution in [3.05, 3.63) is 59.2 Å². The van der Waals surface area contributed by atoms with E-state index in [0.29, 0.717) is 37.1 Å². The molecule has 3 rings (SSSR count). The lowest BCUT2D eigenvalue weighted by Crippen LogP contribution is -2.48. The van der Waals surface area contributed by atoms with E-state index >= 15 is 0 Å². The van der Waals surface area contributed by atoms with Crippen molar-refractivity contribution in [2.45, 2.75) is 19.4 Å². The minimum atomic E-state index is 0.0148. The first-order chi connectivity index (χ1) is 13.0. The van der Waals surface area contributed by atoms with Gasteiger partial charge in [-0.2, -0.15) is 5.26 Å². The summed E-state index contributed by atoms with van der Waals surface area (Å²) in [5.74, 6) is 0.122. The van der Waals surface area contributed by atoms with Crippen molar-refractivity contribution < 1.29 is 15.0 Å². The monoisotopic (exact) mass is 365 g/mol. The van der Waals surface area contributed by atoms with Crippen LogP contribution in [0.3, 0.4) is 0 Å². The van der Waals surface area contributed by atoms with Gasteiger partial charge in [0.2, 0.25) is 5.91 Å². The summed E-state index contributed by atoms with van der Waals surface area (Å²) in [6.07, 6.45) is 0.796. The zero-order chi connectivity index (χ0) is 19.2. The molecule has 0 aromatic heterocycles. The Hall–Kier alpha value is -3.04. The molecule has 0 atom stereocenters. The number of benzene rings is 2. The predicted octanol–water partition coefficient (Wildman–Crippen LogP) is 2.25. The minimum Gasteiger partial charge on any atom is -0.508 e. The number of piperazine rings is 1. The number of carbonyl (C=O) groups excluding carboxylic acids is 1. The third-order valence-electron chi connectivity index (χ3n) is 4.89. The van der Waals surface area contributed by atoms with Crippen LogP contribution in [0.15, 0.2) is 42.5 Å². The topological polar surface area (TPSA) is 87.8 Å². The number of phenolic OH excluding ortho intramolecular Hbond substituents is 2. The summed E-state index contributed by atoms with van der Waals surface area (Å²) in [5.41, 5.74) is 2.49. The van der Waals surface area contributed by atoms with Gasteiger partial charge in [-0.25, -0.2) is 0 Å². The average Bonchev–Trinajstić information content (AvgIpc) is 2.68. The van der Waals surface area contributed by atoms with Crippen LogP contribution < -0.4 is 0 Å². The molecule has 0 saturated carbocycles. The second-order valence-corrected chi connectivity index (χ2v) is 6.78. The van der Waals surface area contributed by atoms with E-state index in [9.17, 15) is 15.0 Å². The van der Waals surface area contributed by atoms with Crippen molar-refractivity contribution in [3.63, 3.8) is 0 Å². The number of phenols is 2. The lowest BCUT2D eigenvalue weighted by molar-refractivity contribution is -0.133. The van der Waals surface area contributed by atoms with E-state index in [1.165, 1.54) is 12.1 Å². The number of amides is 1. The van der Waals surface area contributed by atoms with Crippen LogP contribution in [-0.2, 0) is 17.8 Å². The van der Waals surface area contributed by atoms with Gasteiger partial charge in [-0.15, -0.1) is 0 Å². The maximum Gasteiger partial charge on any atom is 0.222 e. The van der Waals surface area contributed by atoms with Crippen LogP contribution in [0.2, 0.25) is 0 Å². The van der Waals surface area contributed by atoms with E-state index in [4.69, 9.17) is 5.26 Å². The van der Waals surface area contributed by atoms with Gasteiger partial charge in [0.05, 0.1) is 11.6 Å². The smallest absolute Gasteiger partial charge is 0.222 e. The predicted molar refractivity (Wildman–Crippen MR) is 101 cm³/mol. The summed E-state index contributed by atoms with van der Waals surface area (Å²) in [4.78, 5) is 16.6. The van der Waals surface area contributed by atoms with Crippen LogP contribution in [-0.4, -0.2) is 52.1 Å². The van der Waals surface area contributed by atoms with E-state index in [2.05, 4.69) is 11.0 Å². The highest BCUT2D eigenvalue weighted by atomic mass is 16.3. The Kier molecular flexibility index (Phi) is 5.94. The molecule has 140 valence electrons. The molecular formula is C21H23N3O3. The first-order valence-corrected chi connectivity index (χ1v) is 9.05. The number of rotatable bonds is 5. The molecule has 2 aromatic rings. The molecule has 6 nitrogen and oxygen atoms in total. The molecule has 1 heterocycles. The highest BCUT2D eigenvalue weighted by Gasteiger charge is 2.21. The minimum absolute atomic E-state index is 0.0148. The Balaban J connectivity index is 1.45. The Morgan fingerprint density at radius 1 is 1.04 bits per heavy atom. The van der Waals surface area contributed by atoms with Crippen molar-refractivity contribution in [1.82, 2.24) is 9.80 Å². The van der Waals surface area contributed by atoms with Gasteiger partial charge in [0.15, 0.2) is 0 Å². The van der Waals surface area contributed by atoms with E-state index in [1.807, 2.05) is 29.2 Å². The van der Waals surface area contributed by atoms with Crippen LogP contribution in [0.5, 0.6) is 11.5 Å². The fraction of sp³-hybridized carbons (Fsp3) is 0.333. The maximum atomic E-state index is 12.4. The van der Waals surface area contributed by atoms with E-state index in [0.717, 1.165) is 25.2 Å². The van der Waals surface area contributed by atoms with Crippen molar-refractivity contribution >= 4 is 5.91 Å². The Labute approximate surface area is 158 Å². The van der Waals surface area contributed by atoms with Gasteiger partial charge >= 0.3 is 0 Å².